The van der Waals surface area contributed by atoms with Crippen molar-refractivity contribution in [3.8, 4) is 11.3 Å². The SMILES string of the molecule is CCNc1cc(-c2cc(F)ccc2F)nc(COC)n1. The van der Waals surface area contributed by atoms with E-state index in [0.29, 0.717) is 23.9 Å². The number of benzene rings is 1. The van der Waals surface area contributed by atoms with Gasteiger partial charge in [0.25, 0.3) is 0 Å². The van der Waals surface area contributed by atoms with Crippen LogP contribution in [0.5, 0.6) is 0 Å². The van der Waals surface area contributed by atoms with Crippen LogP contribution < -0.4 is 5.32 Å². The Bertz CT molecular complexity index is 581. The molecule has 0 saturated carbocycles. The van der Waals surface area contributed by atoms with Crippen LogP contribution >= 0.6 is 0 Å². The van der Waals surface area contributed by atoms with Crippen molar-refractivity contribution >= 4 is 5.82 Å². The number of rotatable bonds is 5. The van der Waals surface area contributed by atoms with Crippen LogP contribution in [0.2, 0.25) is 0 Å². The molecule has 20 heavy (non-hydrogen) atoms. The number of methoxy groups -OCH3 is 1. The number of hydrogen-bond donors (Lipinski definition) is 1. The van der Waals surface area contributed by atoms with Crippen molar-refractivity contribution in [2.75, 3.05) is 19.0 Å². The maximum Gasteiger partial charge on any atom is 0.157 e. The Morgan fingerprint density at radius 3 is 2.70 bits per heavy atom. The van der Waals surface area contributed by atoms with Crippen LogP contribution in [0.15, 0.2) is 24.3 Å². The van der Waals surface area contributed by atoms with E-state index in [0.717, 1.165) is 18.2 Å². The molecule has 106 valence electrons. The van der Waals surface area contributed by atoms with Crippen molar-refractivity contribution in [1.82, 2.24) is 9.97 Å². The fraction of sp³-hybridized carbons (Fsp3) is 0.286. The lowest BCUT2D eigenvalue weighted by Crippen LogP contribution is -2.06. The minimum atomic E-state index is -0.532. The molecule has 6 heteroatoms. The summed E-state index contributed by atoms with van der Waals surface area (Å²) in [6, 6.07) is 4.85. The van der Waals surface area contributed by atoms with Gasteiger partial charge in [-0.1, -0.05) is 0 Å². The van der Waals surface area contributed by atoms with Crippen molar-refractivity contribution in [3.05, 3.63) is 41.7 Å². The van der Waals surface area contributed by atoms with Gasteiger partial charge >= 0.3 is 0 Å². The monoisotopic (exact) mass is 279 g/mol. The summed E-state index contributed by atoms with van der Waals surface area (Å²) in [4.78, 5) is 8.42. The van der Waals surface area contributed by atoms with Gasteiger partial charge in [-0.15, -0.1) is 0 Å². The van der Waals surface area contributed by atoms with E-state index in [1.54, 1.807) is 6.07 Å². The molecule has 0 atom stereocenters. The maximum atomic E-state index is 13.8. The summed E-state index contributed by atoms with van der Waals surface area (Å²) < 4.78 is 32.1. The predicted octanol–water partition coefficient (Wildman–Crippen LogP) is 3.00. The Labute approximate surface area is 115 Å². The lowest BCUT2D eigenvalue weighted by molar-refractivity contribution is 0.178. The standard InChI is InChI=1S/C14H15F2N3O/c1-3-17-13-7-12(18-14(19-13)8-20-2)10-6-9(15)4-5-11(10)16/h4-7H,3,8H2,1-2H3,(H,17,18,19). The number of aromatic nitrogens is 2. The van der Waals surface area contributed by atoms with Crippen LogP contribution in [-0.2, 0) is 11.3 Å². The molecule has 0 amide bonds. The first kappa shape index (κ1) is 14.3. The highest BCUT2D eigenvalue weighted by Gasteiger charge is 2.11. The maximum absolute atomic E-state index is 13.8. The molecule has 0 saturated heterocycles. The van der Waals surface area contributed by atoms with Crippen LogP contribution in [0.3, 0.4) is 0 Å². The molecule has 0 spiro atoms. The average molecular weight is 279 g/mol. The Balaban J connectivity index is 2.51. The van der Waals surface area contributed by atoms with Gasteiger partial charge in [-0.2, -0.15) is 0 Å². The molecule has 1 aromatic carbocycles. The zero-order valence-corrected chi connectivity index (χ0v) is 11.3. The average Bonchev–Trinajstić information content (AvgIpc) is 2.42. The second-order valence-electron chi connectivity index (χ2n) is 4.14. The zero-order chi connectivity index (χ0) is 14.5. The Morgan fingerprint density at radius 1 is 1.20 bits per heavy atom. The number of nitrogens with zero attached hydrogens (tertiary/aromatic N) is 2. The predicted molar refractivity (Wildman–Crippen MR) is 72.3 cm³/mol. The van der Waals surface area contributed by atoms with E-state index in [4.69, 9.17) is 4.74 Å². The van der Waals surface area contributed by atoms with Crippen molar-refractivity contribution in [2.24, 2.45) is 0 Å². The van der Waals surface area contributed by atoms with E-state index in [1.165, 1.54) is 7.11 Å². The van der Waals surface area contributed by atoms with E-state index in [-0.39, 0.29) is 12.2 Å². The smallest absolute Gasteiger partial charge is 0.157 e. The molecule has 1 heterocycles. The highest BCUT2D eigenvalue weighted by atomic mass is 19.1. The van der Waals surface area contributed by atoms with Crippen molar-refractivity contribution < 1.29 is 13.5 Å². The van der Waals surface area contributed by atoms with E-state index in [1.807, 2.05) is 6.92 Å². The Kier molecular flexibility index (Phi) is 4.57. The van der Waals surface area contributed by atoms with Gasteiger partial charge in [-0.05, 0) is 25.1 Å². The molecule has 0 bridgehead atoms. The van der Waals surface area contributed by atoms with Gasteiger partial charge in [0.1, 0.15) is 24.1 Å². The van der Waals surface area contributed by atoms with E-state index >= 15 is 0 Å². The van der Waals surface area contributed by atoms with E-state index in [9.17, 15) is 8.78 Å². The molecule has 1 N–H and O–H groups in total. The number of halogens is 2. The van der Waals surface area contributed by atoms with E-state index in [2.05, 4.69) is 15.3 Å². The molecular formula is C14H15F2N3O. The largest absolute Gasteiger partial charge is 0.377 e. The lowest BCUT2D eigenvalue weighted by atomic mass is 10.1. The summed E-state index contributed by atoms with van der Waals surface area (Å²) >= 11 is 0. The number of nitrogens with one attached hydrogen (secondary N) is 1. The second-order valence-corrected chi connectivity index (χ2v) is 4.14. The van der Waals surface area contributed by atoms with Gasteiger partial charge in [0, 0.05) is 25.3 Å². The lowest BCUT2D eigenvalue weighted by Gasteiger charge is -2.09. The first-order valence-electron chi connectivity index (χ1n) is 6.20. The summed E-state index contributed by atoms with van der Waals surface area (Å²) in [6.07, 6.45) is 0. The third-order valence-electron chi connectivity index (χ3n) is 2.61. The number of hydrogen-bond acceptors (Lipinski definition) is 4. The summed E-state index contributed by atoms with van der Waals surface area (Å²) in [5.74, 6) is -0.0907. The normalized spacial score (nSPS) is 10.6. The van der Waals surface area contributed by atoms with E-state index < -0.39 is 11.6 Å². The summed E-state index contributed by atoms with van der Waals surface area (Å²) in [7, 11) is 1.52. The second kappa shape index (κ2) is 6.38. The molecule has 2 rings (SSSR count). The highest BCUT2D eigenvalue weighted by molar-refractivity contribution is 5.63. The fourth-order valence-corrected chi connectivity index (χ4v) is 1.79. The molecule has 0 aliphatic rings. The van der Waals surface area contributed by atoms with Gasteiger partial charge in [-0.25, -0.2) is 18.7 Å². The van der Waals surface area contributed by atoms with Crippen LogP contribution in [0.1, 0.15) is 12.7 Å². The van der Waals surface area contributed by atoms with Crippen molar-refractivity contribution in [2.45, 2.75) is 13.5 Å². The zero-order valence-electron chi connectivity index (χ0n) is 11.3. The first-order valence-corrected chi connectivity index (χ1v) is 6.20. The number of anilines is 1. The number of ether oxygens (including phenoxy) is 1. The highest BCUT2D eigenvalue weighted by Crippen LogP contribution is 2.24. The minimum absolute atomic E-state index is 0.101. The van der Waals surface area contributed by atoms with Gasteiger partial charge in [0.15, 0.2) is 5.82 Å². The molecule has 1 aromatic heterocycles. The third-order valence-corrected chi connectivity index (χ3v) is 2.61. The molecule has 0 aliphatic heterocycles. The van der Waals surface area contributed by atoms with Crippen LogP contribution in [0.4, 0.5) is 14.6 Å². The molecule has 2 aromatic rings. The van der Waals surface area contributed by atoms with Crippen molar-refractivity contribution in [3.63, 3.8) is 0 Å². The summed E-state index contributed by atoms with van der Waals surface area (Å²) in [5.41, 5.74) is 0.420. The van der Waals surface area contributed by atoms with Crippen molar-refractivity contribution in [1.29, 1.82) is 0 Å². The first-order chi connectivity index (χ1) is 9.63. The molecular weight excluding hydrogens is 264 g/mol. The van der Waals surface area contributed by atoms with Gasteiger partial charge in [0.05, 0.1) is 5.69 Å². The topological polar surface area (TPSA) is 47.0 Å². The van der Waals surface area contributed by atoms with Gasteiger partial charge < -0.3 is 10.1 Å². The van der Waals surface area contributed by atoms with Crippen LogP contribution in [0.25, 0.3) is 11.3 Å². The van der Waals surface area contributed by atoms with Gasteiger partial charge in [0.2, 0.25) is 0 Å². The van der Waals surface area contributed by atoms with Crippen LogP contribution in [0, 0.1) is 11.6 Å². The molecule has 0 unspecified atom stereocenters. The fourth-order valence-electron chi connectivity index (χ4n) is 1.79. The molecule has 0 radical (unpaired) electrons. The Hall–Kier alpha value is -2.08. The Morgan fingerprint density at radius 2 is 2.00 bits per heavy atom. The van der Waals surface area contributed by atoms with Crippen LogP contribution in [-0.4, -0.2) is 23.6 Å². The van der Waals surface area contributed by atoms with Gasteiger partial charge in [-0.3, -0.25) is 0 Å². The summed E-state index contributed by atoms with van der Waals surface area (Å²) in [5, 5.41) is 3.03. The molecule has 0 fully saturated rings. The minimum Gasteiger partial charge on any atom is -0.377 e. The quantitative estimate of drug-likeness (QED) is 0.914. The summed E-state index contributed by atoms with van der Waals surface area (Å²) in [6.45, 7) is 2.78. The molecule has 4 nitrogen and oxygen atoms in total. The third kappa shape index (κ3) is 3.27. The molecule has 0 aliphatic carbocycles.